The molecule has 23 heavy (non-hydrogen) atoms. The maximum atomic E-state index is 12.6. The number of carbonyl (C=O) groups is 1. The lowest BCUT2D eigenvalue weighted by molar-refractivity contribution is -0.226. The minimum atomic E-state index is -1.44. The molecule has 2 heterocycles. The van der Waals surface area contributed by atoms with Crippen LogP contribution in [0.1, 0.15) is 24.0 Å². The number of benzene rings is 1. The minimum Gasteiger partial charge on any atom is -0.504 e. The molecule has 5 rings (SSSR count). The summed E-state index contributed by atoms with van der Waals surface area (Å²) in [6.07, 6.45) is -0.970. The number of ether oxygens (including phenoxy) is 1. The Labute approximate surface area is 133 Å². The molecule has 6 nitrogen and oxygen atoms in total. The van der Waals surface area contributed by atoms with E-state index in [0.29, 0.717) is 25.1 Å². The van der Waals surface area contributed by atoms with Crippen molar-refractivity contribution >= 4 is 5.78 Å². The van der Waals surface area contributed by atoms with Crippen LogP contribution in [0.4, 0.5) is 0 Å². The van der Waals surface area contributed by atoms with Crippen molar-refractivity contribution < 1.29 is 24.9 Å². The van der Waals surface area contributed by atoms with Crippen LogP contribution in [-0.2, 0) is 16.6 Å². The van der Waals surface area contributed by atoms with Gasteiger partial charge in [-0.15, -0.1) is 0 Å². The molecule has 2 aliphatic heterocycles. The monoisotopic (exact) mass is 317 g/mol. The van der Waals surface area contributed by atoms with E-state index in [4.69, 9.17) is 4.74 Å². The molecule has 2 fully saturated rings. The van der Waals surface area contributed by atoms with Gasteiger partial charge in [0, 0.05) is 18.0 Å². The molecule has 1 saturated carbocycles. The summed E-state index contributed by atoms with van der Waals surface area (Å²) in [5, 5.41) is 32.5. The molecular weight excluding hydrogens is 298 g/mol. The molecule has 2 aliphatic carbocycles. The van der Waals surface area contributed by atoms with Crippen LogP contribution in [0.2, 0.25) is 0 Å². The van der Waals surface area contributed by atoms with Crippen LogP contribution < -0.4 is 4.74 Å². The van der Waals surface area contributed by atoms with E-state index in [9.17, 15) is 20.1 Å². The Morgan fingerprint density at radius 1 is 1.35 bits per heavy atom. The van der Waals surface area contributed by atoms with Crippen LogP contribution >= 0.6 is 0 Å². The van der Waals surface area contributed by atoms with Crippen molar-refractivity contribution in [1.82, 2.24) is 4.90 Å². The number of hydrogen-bond donors (Lipinski definition) is 3. The van der Waals surface area contributed by atoms with Crippen molar-refractivity contribution in [2.75, 3.05) is 13.6 Å². The molecule has 4 aliphatic rings. The average molecular weight is 317 g/mol. The van der Waals surface area contributed by atoms with Gasteiger partial charge in [0.25, 0.3) is 0 Å². The SMILES string of the molecule is CN1CCC23c4c5ccc(O)c4OC2C(=O)CC(O)[C@@]3(O)[C@H]1C5. The number of carbonyl (C=O) groups excluding carboxylic acids is 1. The number of aromatic hydroxyl groups is 1. The number of rotatable bonds is 0. The maximum absolute atomic E-state index is 12.6. The second-order valence-corrected chi connectivity index (χ2v) is 7.38. The number of phenols is 1. The number of piperidine rings is 1. The molecule has 0 aromatic heterocycles. The summed E-state index contributed by atoms with van der Waals surface area (Å²) in [6.45, 7) is 0.710. The number of aliphatic hydroxyl groups excluding tert-OH is 1. The lowest BCUT2D eigenvalue weighted by Crippen LogP contribution is -2.80. The van der Waals surface area contributed by atoms with Crippen molar-refractivity contribution in [3.63, 3.8) is 0 Å². The molecule has 3 N–H and O–H groups in total. The maximum Gasteiger partial charge on any atom is 0.177 e. The molecule has 122 valence electrons. The molecule has 3 unspecified atom stereocenters. The number of phenolic OH excluding ortho intramolecular Hbond substituents is 1. The molecule has 1 aromatic rings. The summed E-state index contributed by atoms with van der Waals surface area (Å²) in [5.41, 5.74) is -0.671. The average Bonchev–Trinajstić information content (AvgIpc) is 2.86. The topological polar surface area (TPSA) is 90.2 Å². The third-order valence-corrected chi connectivity index (χ3v) is 6.57. The van der Waals surface area contributed by atoms with Gasteiger partial charge in [-0.2, -0.15) is 0 Å². The summed E-state index contributed by atoms with van der Waals surface area (Å²) >= 11 is 0. The fourth-order valence-corrected chi connectivity index (χ4v) is 5.58. The third-order valence-electron chi connectivity index (χ3n) is 6.57. The molecule has 5 atom stereocenters. The van der Waals surface area contributed by atoms with Gasteiger partial charge < -0.3 is 25.0 Å². The molecule has 0 radical (unpaired) electrons. The summed E-state index contributed by atoms with van der Waals surface area (Å²) in [5.74, 6) is 0.111. The van der Waals surface area contributed by atoms with E-state index in [1.165, 1.54) is 0 Å². The molecule has 1 aromatic carbocycles. The zero-order valence-electron chi connectivity index (χ0n) is 12.8. The van der Waals surface area contributed by atoms with Crippen molar-refractivity contribution in [3.05, 3.63) is 23.3 Å². The Kier molecular flexibility index (Phi) is 2.33. The highest BCUT2D eigenvalue weighted by atomic mass is 16.5. The van der Waals surface area contributed by atoms with Crippen LogP contribution in [0.3, 0.4) is 0 Å². The lowest BCUT2D eigenvalue weighted by Gasteiger charge is -2.63. The van der Waals surface area contributed by atoms with Crippen molar-refractivity contribution in [3.8, 4) is 11.5 Å². The fraction of sp³-hybridized carbons (Fsp3) is 0.588. The van der Waals surface area contributed by atoms with Crippen molar-refractivity contribution in [2.45, 2.75) is 48.5 Å². The summed E-state index contributed by atoms with van der Waals surface area (Å²) in [4.78, 5) is 14.6. The molecular formula is C17H19NO5. The Balaban J connectivity index is 1.89. The number of likely N-dealkylation sites (N-methyl/N-ethyl adjacent to an activating group) is 1. The highest BCUT2D eigenvalue weighted by molar-refractivity contribution is 5.90. The Bertz CT molecular complexity index is 749. The van der Waals surface area contributed by atoms with E-state index in [0.717, 1.165) is 11.1 Å². The van der Waals surface area contributed by atoms with Gasteiger partial charge in [-0.1, -0.05) is 6.07 Å². The predicted octanol–water partition coefficient (Wildman–Crippen LogP) is -0.284. The van der Waals surface area contributed by atoms with Gasteiger partial charge in [0.15, 0.2) is 23.4 Å². The fourth-order valence-electron chi connectivity index (χ4n) is 5.58. The summed E-state index contributed by atoms with van der Waals surface area (Å²) < 4.78 is 5.88. The first-order valence-corrected chi connectivity index (χ1v) is 8.06. The van der Waals surface area contributed by atoms with Crippen molar-refractivity contribution in [2.24, 2.45) is 0 Å². The Hall–Kier alpha value is -1.63. The van der Waals surface area contributed by atoms with E-state index in [1.807, 2.05) is 13.1 Å². The van der Waals surface area contributed by atoms with Gasteiger partial charge in [0.2, 0.25) is 0 Å². The normalized spacial score (nSPS) is 44.0. The van der Waals surface area contributed by atoms with Crippen LogP contribution in [0.5, 0.6) is 11.5 Å². The largest absolute Gasteiger partial charge is 0.504 e. The van der Waals surface area contributed by atoms with Crippen LogP contribution in [0.15, 0.2) is 12.1 Å². The molecule has 1 spiro atoms. The van der Waals surface area contributed by atoms with E-state index in [1.54, 1.807) is 6.07 Å². The smallest absolute Gasteiger partial charge is 0.177 e. The number of Topliss-reactive ketones (excluding diaryl/α,β-unsaturated/α-hetero) is 1. The first-order chi connectivity index (χ1) is 10.9. The van der Waals surface area contributed by atoms with E-state index in [2.05, 4.69) is 4.90 Å². The second kappa shape index (κ2) is 3.88. The van der Waals surface area contributed by atoms with Gasteiger partial charge >= 0.3 is 0 Å². The third kappa shape index (κ3) is 1.24. The first kappa shape index (κ1) is 13.8. The number of ketones is 1. The van der Waals surface area contributed by atoms with Gasteiger partial charge in [0.05, 0.1) is 11.5 Å². The molecule has 6 heteroatoms. The summed E-state index contributed by atoms with van der Waals surface area (Å²) in [6, 6.07) is 3.16. The number of aliphatic hydroxyl groups is 2. The Morgan fingerprint density at radius 3 is 2.91 bits per heavy atom. The van der Waals surface area contributed by atoms with E-state index < -0.39 is 23.2 Å². The standard InChI is InChI=1S/C17H19NO5/c1-18-5-4-16-13-8-2-3-9(19)14(13)23-15(16)10(20)7-12(21)17(16,22)11(18)6-8/h2-3,11-12,15,19,21-22H,4-7H2,1H3/t11-,12?,15?,16?,17+/m1/s1. The zero-order valence-corrected chi connectivity index (χ0v) is 12.8. The van der Waals surface area contributed by atoms with Crippen LogP contribution in [-0.4, -0.2) is 63.4 Å². The second-order valence-electron chi connectivity index (χ2n) is 7.38. The first-order valence-electron chi connectivity index (χ1n) is 8.06. The quantitative estimate of drug-likeness (QED) is 0.609. The van der Waals surface area contributed by atoms with Crippen LogP contribution in [0.25, 0.3) is 0 Å². The van der Waals surface area contributed by atoms with Gasteiger partial charge in [-0.3, -0.25) is 4.79 Å². The highest BCUT2D eigenvalue weighted by Gasteiger charge is 2.75. The number of likely N-dealkylation sites (tertiary alicyclic amines) is 1. The predicted molar refractivity (Wildman–Crippen MR) is 79.5 cm³/mol. The summed E-state index contributed by atoms with van der Waals surface area (Å²) in [7, 11) is 1.94. The molecule has 2 bridgehead atoms. The number of hydrogen-bond acceptors (Lipinski definition) is 6. The van der Waals surface area contributed by atoms with E-state index in [-0.39, 0.29) is 24.0 Å². The van der Waals surface area contributed by atoms with Gasteiger partial charge in [-0.05, 0) is 38.1 Å². The van der Waals surface area contributed by atoms with Gasteiger partial charge in [-0.25, -0.2) is 0 Å². The van der Waals surface area contributed by atoms with E-state index >= 15 is 0 Å². The van der Waals surface area contributed by atoms with Gasteiger partial charge in [0.1, 0.15) is 5.60 Å². The lowest BCUT2D eigenvalue weighted by atomic mass is 9.48. The minimum absolute atomic E-state index is 0.00505. The molecule has 1 saturated heterocycles. The Morgan fingerprint density at radius 2 is 2.13 bits per heavy atom. The zero-order chi connectivity index (χ0) is 16.1. The van der Waals surface area contributed by atoms with Crippen molar-refractivity contribution in [1.29, 1.82) is 0 Å². The van der Waals surface area contributed by atoms with Crippen LogP contribution in [0, 0.1) is 0 Å². The highest BCUT2D eigenvalue weighted by Crippen LogP contribution is 2.64. The number of nitrogens with zero attached hydrogens (tertiary/aromatic N) is 1. The molecule has 0 amide bonds.